The average molecular weight is 157 g/mol. The Hall–Kier alpha value is -0.740. The number of hydrogen-bond acceptors (Lipinski definition) is 4. The van der Waals surface area contributed by atoms with Crippen LogP contribution in [0.25, 0.3) is 0 Å². The predicted octanol–water partition coefficient (Wildman–Crippen LogP) is -1.13. The lowest BCUT2D eigenvalue weighted by Crippen LogP contribution is -2.65. The van der Waals surface area contributed by atoms with Crippen molar-refractivity contribution in [3.8, 4) is 0 Å². The number of carbonyl (C=O) groups excluding carboxylic acids is 2. The van der Waals surface area contributed by atoms with Gasteiger partial charge in [0.05, 0.1) is 0 Å². The van der Waals surface area contributed by atoms with Crippen LogP contribution >= 0.6 is 0 Å². The molecule has 0 bridgehead atoms. The van der Waals surface area contributed by atoms with Crippen molar-refractivity contribution < 1.29 is 14.7 Å². The van der Waals surface area contributed by atoms with Crippen molar-refractivity contribution in [2.24, 2.45) is 0 Å². The van der Waals surface area contributed by atoms with Crippen molar-refractivity contribution in [1.29, 1.82) is 0 Å². The summed E-state index contributed by atoms with van der Waals surface area (Å²) < 4.78 is 0. The van der Waals surface area contributed by atoms with E-state index >= 15 is 0 Å². The van der Waals surface area contributed by atoms with E-state index in [9.17, 15) is 9.59 Å². The van der Waals surface area contributed by atoms with Crippen LogP contribution in [-0.4, -0.2) is 34.9 Å². The normalized spacial score (nSPS) is 30.9. The molecule has 0 spiro atoms. The number of rotatable bonds is 2. The molecule has 0 aromatic carbocycles. The van der Waals surface area contributed by atoms with Crippen LogP contribution in [0.15, 0.2) is 0 Å². The Morgan fingerprint density at radius 3 is 2.27 bits per heavy atom. The van der Waals surface area contributed by atoms with Gasteiger partial charge in [-0.2, -0.15) is 0 Å². The molecule has 0 heterocycles. The summed E-state index contributed by atoms with van der Waals surface area (Å²) in [6, 6.07) is -0.561. The third kappa shape index (κ3) is 1.32. The van der Waals surface area contributed by atoms with Gasteiger partial charge in [-0.3, -0.25) is 9.59 Å². The van der Waals surface area contributed by atoms with E-state index in [2.05, 4.69) is 5.32 Å². The van der Waals surface area contributed by atoms with E-state index in [1.807, 2.05) is 13.8 Å². The molecule has 1 rings (SSSR count). The lowest BCUT2D eigenvalue weighted by atomic mass is 9.85. The molecule has 0 saturated heterocycles. The monoisotopic (exact) mass is 157 g/mol. The number of aliphatic hydroxyl groups is 1. The molecule has 0 aromatic heterocycles. The molecule has 1 aliphatic rings. The summed E-state index contributed by atoms with van der Waals surface area (Å²) in [5.74, 6) is -1.19. The fourth-order valence-corrected chi connectivity index (χ4v) is 1.02. The van der Waals surface area contributed by atoms with E-state index < -0.39 is 23.7 Å². The van der Waals surface area contributed by atoms with E-state index in [1.165, 1.54) is 0 Å². The Kier molecular flexibility index (Phi) is 2.06. The Labute approximate surface area is 64.6 Å². The molecule has 2 N–H and O–H groups in total. The number of hydrogen-bond donors (Lipinski definition) is 2. The SMILES string of the molecule is CC(C)NC1C(=O)C(=O)C1O. The summed E-state index contributed by atoms with van der Waals surface area (Å²) >= 11 is 0. The summed E-state index contributed by atoms with van der Waals surface area (Å²) in [6.45, 7) is 3.70. The maximum atomic E-state index is 10.7. The largest absolute Gasteiger partial charge is 0.383 e. The lowest BCUT2D eigenvalue weighted by Gasteiger charge is -2.30. The van der Waals surface area contributed by atoms with E-state index in [0.717, 1.165) is 0 Å². The van der Waals surface area contributed by atoms with Gasteiger partial charge >= 0.3 is 0 Å². The summed E-state index contributed by atoms with van der Waals surface area (Å²) in [6.07, 6.45) is -1.12. The van der Waals surface area contributed by atoms with E-state index in [-0.39, 0.29) is 6.04 Å². The first-order valence-corrected chi connectivity index (χ1v) is 3.56. The van der Waals surface area contributed by atoms with Crippen LogP contribution in [0, 0.1) is 0 Å². The van der Waals surface area contributed by atoms with Gasteiger partial charge < -0.3 is 10.4 Å². The molecule has 62 valence electrons. The highest BCUT2D eigenvalue weighted by Gasteiger charge is 2.47. The van der Waals surface area contributed by atoms with Crippen LogP contribution in [-0.2, 0) is 9.59 Å². The van der Waals surface area contributed by atoms with Gasteiger partial charge in [-0.15, -0.1) is 0 Å². The molecule has 4 heteroatoms. The number of carbonyl (C=O) groups is 2. The van der Waals surface area contributed by atoms with Crippen LogP contribution in [0.4, 0.5) is 0 Å². The standard InChI is InChI=1S/C7H11NO3/c1-3(2)8-4-5(9)7(11)6(4)10/h3-5,8-9H,1-2H3. The Balaban J connectivity index is 2.50. The quantitative estimate of drug-likeness (QED) is 0.497. The average Bonchev–Trinajstić information content (AvgIpc) is 1.98. The number of nitrogens with one attached hydrogen (secondary N) is 1. The molecular weight excluding hydrogens is 146 g/mol. The first kappa shape index (κ1) is 8.36. The summed E-state index contributed by atoms with van der Waals surface area (Å²) in [4.78, 5) is 21.2. The smallest absolute Gasteiger partial charge is 0.230 e. The number of Topliss-reactive ketones (excluding diaryl/α,β-unsaturated/α-hetero) is 2. The van der Waals surface area contributed by atoms with Gasteiger partial charge in [0.25, 0.3) is 0 Å². The molecule has 2 unspecified atom stereocenters. The fourth-order valence-electron chi connectivity index (χ4n) is 1.02. The molecule has 2 atom stereocenters. The summed E-state index contributed by atoms with van der Waals surface area (Å²) in [5, 5.41) is 11.8. The summed E-state index contributed by atoms with van der Waals surface area (Å²) in [5.41, 5.74) is 0. The number of ketones is 2. The Morgan fingerprint density at radius 2 is 1.91 bits per heavy atom. The first-order chi connectivity index (χ1) is 5.04. The molecular formula is C7H11NO3. The van der Waals surface area contributed by atoms with Gasteiger partial charge in [-0.25, -0.2) is 0 Å². The van der Waals surface area contributed by atoms with E-state index in [0.29, 0.717) is 0 Å². The molecule has 1 fully saturated rings. The minimum absolute atomic E-state index is 0.103. The first-order valence-electron chi connectivity index (χ1n) is 3.56. The third-order valence-electron chi connectivity index (χ3n) is 1.62. The van der Waals surface area contributed by atoms with Crippen molar-refractivity contribution in [2.75, 3.05) is 0 Å². The van der Waals surface area contributed by atoms with E-state index in [4.69, 9.17) is 5.11 Å². The minimum Gasteiger partial charge on any atom is -0.383 e. The molecule has 1 saturated carbocycles. The van der Waals surface area contributed by atoms with Crippen LogP contribution in [0.5, 0.6) is 0 Å². The summed E-state index contributed by atoms with van der Waals surface area (Å²) in [7, 11) is 0. The third-order valence-corrected chi connectivity index (χ3v) is 1.62. The Bertz CT molecular complexity index is 200. The van der Waals surface area contributed by atoms with Crippen molar-refractivity contribution in [3.05, 3.63) is 0 Å². The molecule has 1 aliphatic carbocycles. The van der Waals surface area contributed by atoms with Crippen LogP contribution in [0.1, 0.15) is 13.8 Å². The molecule has 0 aliphatic heterocycles. The van der Waals surface area contributed by atoms with Crippen LogP contribution in [0.2, 0.25) is 0 Å². The highest BCUT2D eigenvalue weighted by atomic mass is 16.3. The second-order valence-corrected chi connectivity index (χ2v) is 2.97. The van der Waals surface area contributed by atoms with Gasteiger partial charge in [0.15, 0.2) is 0 Å². The second-order valence-electron chi connectivity index (χ2n) is 2.97. The highest BCUT2D eigenvalue weighted by molar-refractivity contribution is 6.48. The van der Waals surface area contributed by atoms with Crippen LogP contribution in [0.3, 0.4) is 0 Å². The zero-order chi connectivity index (χ0) is 8.59. The molecule has 11 heavy (non-hydrogen) atoms. The predicted molar refractivity (Wildman–Crippen MR) is 38.1 cm³/mol. The molecule has 0 amide bonds. The van der Waals surface area contributed by atoms with E-state index in [1.54, 1.807) is 0 Å². The molecule has 0 aromatic rings. The van der Waals surface area contributed by atoms with Crippen molar-refractivity contribution in [1.82, 2.24) is 5.32 Å². The van der Waals surface area contributed by atoms with Crippen molar-refractivity contribution in [2.45, 2.75) is 32.0 Å². The van der Waals surface area contributed by atoms with Gasteiger partial charge in [0.1, 0.15) is 12.1 Å². The number of aliphatic hydroxyl groups excluding tert-OH is 1. The molecule has 0 radical (unpaired) electrons. The maximum absolute atomic E-state index is 10.7. The zero-order valence-electron chi connectivity index (χ0n) is 6.50. The van der Waals surface area contributed by atoms with Gasteiger partial charge in [-0.05, 0) is 0 Å². The highest BCUT2D eigenvalue weighted by Crippen LogP contribution is 2.11. The zero-order valence-corrected chi connectivity index (χ0v) is 6.50. The Morgan fingerprint density at radius 1 is 1.36 bits per heavy atom. The van der Waals surface area contributed by atoms with Crippen molar-refractivity contribution in [3.63, 3.8) is 0 Å². The minimum atomic E-state index is -1.12. The topological polar surface area (TPSA) is 66.4 Å². The fraction of sp³-hybridized carbons (Fsp3) is 0.714. The van der Waals surface area contributed by atoms with Crippen LogP contribution < -0.4 is 5.32 Å². The van der Waals surface area contributed by atoms with Gasteiger partial charge in [0.2, 0.25) is 11.6 Å². The lowest BCUT2D eigenvalue weighted by molar-refractivity contribution is -0.155. The molecule has 4 nitrogen and oxygen atoms in total. The second kappa shape index (κ2) is 2.71. The van der Waals surface area contributed by atoms with Gasteiger partial charge in [-0.1, -0.05) is 13.8 Å². The maximum Gasteiger partial charge on any atom is 0.230 e. The van der Waals surface area contributed by atoms with Gasteiger partial charge in [0, 0.05) is 6.04 Å². The van der Waals surface area contributed by atoms with Crippen molar-refractivity contribution >= 4 is 11.6 Å².